The Kier molecular flexibility index (Phi) is 6.67. The van der Waals surface area contributed by atoms with Gasteiger partial charge in [-0.15, -0.1) is 11.3 Å². The van der Waals surface area contributed by atoms with E-state index < -0.39 is 0 Å². The number of halogens is 2. The van der Waals surface area contributed by atoms with Gasteiger partial charge in [0.15, 0.2) is 0 Å². The lowest BCUT2D eigenvalue weighted by Gasteiger charge is -2.08. The van der Waals surface area contributed by atoms with E-state index in [0.717, 1.165) is 40.2 Å². The summed E-state index contributed by atoms with van der Waals surface area (Å²) in [5.74, 6) is 1.02. The first-order chi connectivity index (χ1) is 10.3. The van der Waals surface area contributed by atoms with Crippen molar-refractivity contribution in [3.8, 4) is 11.3 Å². The molecule has 0 saturated heterocycles. The normalized spacial score (nSPS) is 14.5. The second kappa shape index (κ2) is 8.50. The average Bonchev–Trinajstić information content (AvgIpc) is 2.81. The molecule has 22 heavy (non-hydrogen) atoms. The molecule has 0 saturated carbocycles. The molecule has 0 fully saturated rings. The maximum absolute atomic E-state index is 5.90. The number of benzene rings is 1. The lowest BCUT2D eigenvalue weighted by Crippen LogP contribution is -3.00. The Morgan fingerprint density at radius 2 is 1.86 bits per heavy atom. The smallest absolute Gasteiger partial charge is 0.202 e. The first-order valence-corrected chi connectivity index (χ1v) is 8.34. The molecule has 1 aliphatic rings. The first-order valence-electron chi connectivity index (χ1n) is 7.08. The van der Waals surface area contributed by atoms with Crippen LogP contribution in [0.2, 0.25) is 5.02 Å². The van der Waals surface area contributed by atoms with E-state index in [0.29, 0.717) is 0 Å². The van der Waals surface area contributed by atoms with Gasteiger partial charge < -0.3 is 17.0 Å². The van der Waals surface area contributed by atoms with Crippen LogP contribution in [-0.2, 0) is 0 Å². The maximum Gasteiger partial charge on any atom is 0.202 e. The number of thiazole rings is 1. The molecule has 0 radical (unpaired) electrons. The third-order valence-electron chi connectivity index (χ3n) is 3.33. The van der Waals surface area contributed by atoms with Crippen LogP contribution in [0.4, 0.5) is 5.13 Å². The monoisotopic (exact) mass is 399 g/mol. The number of hydrogen-bond acceptors (Lipinski definition) is 5. The lowest BCUT2D eigenvalue weighted by molar-refractivity contribution is -0.00000423. The minimum Gasteiger partial charge on any atom is -1.00 e. The summed E-state index contributed by atoms with van der Waals surface area (Å²) in [5, 5.41) is 3.61. The molecule has 0 spiro atoms. The molecule has 4 nitrogen and oxygen atoms in total. The SMILES string of the molecule is Clc1ccc(-c2csc(NNC3=NCCCCC3)n2)cc1.[Br-]. The van der Waals surface area contributed by atoms with Crippen LogP contribution in [0.1, 0.15) is 25.7 Å². The first kappa shape index (κ1) is 17.2. The van der Waals surface area contributed by atoms with Gasteiger partial charge in [0, 0.05) is 28.9 Å². The second-order valence-corrected chi connectivity index (χ2v) is 6.23. The maximum atomic E-state index is 5.90. The predicted molar refractivity (Wildman–Crippen MR) is 90.1 cm³/mol. The van der Waals surface area contributed by atoms with Crippen LogP contribution >= 0.6 is 22.9 Å². The number of nitrogens with one attached hydrogen (secondary N) is 2. The van der Waals surface area contributed by atoms with Crippen LogP contribution < -0.4 is 27.8 Å². The van der Waals surface area contributed by atoms with Crippen molar-refractivity contribution in [2.24, 2.45) is 4.99 Å². The van der Waals surface area contributed by atoms with Crippen LogP contribution in [0.25, 0.3) is 11.3 Å². The van der Waals surface area contributed by atoms with Gasteiger partial charge in [-0.2, -0.15) is 0 Å². The summed E-state index contributed by atoms with van der Waals surface area (Å²) in [6.45, 7) is 0.915. The van der Waals surface area contributed by atoms with Gasteiger partial charge in [-0.1, -0.05) is 30.2 Å². The number of rotatable bonds is 3. The minimum atomic E-state index is 0. The second-order valence-electron chi connectivity index (χ2n) is 4.93. The molecule has 0 bridgehead atoms. The minimum absolute atomic E-state index is 0. The van der Waals surface area contributed by atoms with E-state index in [4.69, 9.17) is 11.6 Å². The fourth-order valence-electron chi connectivity index (χ4n) is 2.19. The fourth-order valence-corrected chi connectivity index (χ4v) is 2.99. The van der Waals surface area contributed by atoms with Gasteiger partial charge in [-0.05, 0) is 25.0 Å². The molecule has 0 amide bonds. The van der Waals surface area contributed by atoms with Gasteiger partial charge in [0.2, 0.25) is 5.13 Å². The van der Waals surface area contributed by atoms with E-state index in [1.165, 1.54) is 19.3 Å². The zero-order valence-electron chi connectivity index (χ0n) is 12.0. The van der Waals surface area contributed by atoms with E-state index >= 15 is 0 Å². The van der Waals surface area contributed by atoms with Crippen molar-refractivity contribution in [1.29, 1.82) is 0 Å². The number of hydrazine groups is 1. The number of anilines is 1. The summed E-state index contributed by atoms with van der Waals surface area (Å²) >= 11 is 7.47. The third kappa shape index (κ3) is 4.69. The van der Waals surface area contributed by atoms with Gasteiger partial charge in [0.05, 0.1) is 5.69 Å². The number of nitrogens with zero attached hydrogens (tertiary/aromatic N) is 2. The van der Waals surface area contributed by atoms with E-state index in [1.54, 1.807) is 11.3 Å². The third-order valence-corrected chi connectivity index (χ3v) is 4.34. The fraction of sp³-hybridized carbons (Fsp3) is 0.333. The molecule has 7 heteroatoms. The largest absolute Gasteiger partial charge is 1.00 e. The van der Waals surface area contributed by atoms with Gasteiger partial charge in [-0.3, -0.25) is 15.8 Å². The molecule has 3 rings (SSSR count). The van der Waals surface area contributed by atoms with Crippen molar-refractivity contribution < 1.29 is 17.0 Å². The number of hydrogen-bond donors (Lipinski definition) is 2. The zero-order chi connectivity index (χ0) is 14.5. The van der Waals surface area contributed by atoms with Crippen LogP contribution in [0, 0.1) is 0 Å². The molecule has 0 aliphatic carbocycles. The van der Waals surface area contributed by atoms with Crippen molar-refractivity contribution in [2.45, 2.75) is 25.7 Å². The zero-order valence-corrected chi connectivity index (χ0v) is 15.1. The number of amidine groups is 1. The molecule has 0 unspecified atom stereocenters. The summed E-state index contributed by atoms with van der Waals surface area (Å²) in [4.78, 5) is 9.08. The van der Waals surface area contributed by atoms with Crippen molar-refractivity contribution in [3.63, 3.8) is 0 Å². The van der Waals surface area contributed by atoms with Crippen LogP contribution in [0.3, 0.4) is 0 Å². The number of aromatic nitrogens is 1. The molecule has 118 valence electrons. The average molecular weight is 401 g/mol. The predicted octanol–water partition coefficient (Wildman–Crippen LogP) is 1.36. The van der Waals surface area contributed by atoms with E-state index in [1.807, 2.05) is 29.6 Å². The molecule has 1 aliphatic heterocycles. The quantitative estimate of drug-likeness (QED) is 0.765. The standard InChI is InChI=1S/C15H17ClN4S.BrH/c16-12-7-5-11(6-8-12)13-10-21-15(18-13)20-19-14-4-2-1-3-9-17-14;/h5-8,10H,1-4,9H2,(H,17,19)(H,18,20);1H/p-1. The Bertz CT molecular complexity index is 627. The Balaban J connectivity index is 0.00000176. The highest BCUT2D eigenvalue weighted by Gasteiger charge is 2.06. The molecule has 2 aromatic rings. The summed E-state index contributed by atoms with van der Waals surface area (Å²) in [6.07, 6.45) is 4.64. The summed E-state index contributed by atoms with van der Waals surface area (Å²) in [7, 11) is 0. The molecular weight excluding hydrogens is 384 g/mol. The van der Waals surface area contributed by atoms with Crippen LogP contribution in [0.15, 0.2) is 34.6 Å². The topological polar surface area (TPSA) is 49.3 Å². The van der Waals surface area contributed by atoms with Crippen LogP contribution in [0.5, 0.6) is 0 Å². The molecule has 1 aromatic carbocycles. The lowest BCUT2D eigenvalue weighted by atomic mass is 10.2. The number of aliphatic imine (C=N–C) groups is 1. The van der Waals surface area contributed by atoms with Crippen molar-refractivity contribution >= 4 is 33.9 Å². The molecule has 2 N–H and O–H groups in total. The van der Waals surface area contributed by atoms with Crippen LogP contribution in [-0.4, -0.2) is 17.4 Å². The highest BCUT2D eigenvalue weighted by Crippen LogP contribution is 2.25. The highest BCUT2D eigenvalue weighted by atomic mass is 79.9. The van der Waals surface area contributed by atoms with Crippen molar-refractivity contribution in [1.82, 2.24) is 10.4 Å². The molecular formula is C15H17BrClN4S-. The highest BCUT2D eigenvalue weighted by molar-refractivity contribution is 7.14. The van der Waals surface area contributed by atoms with Gasteiger partial charge >= 0.3 is 0 Å². The van der Waals surface area contributed by atoms with Crippen molar-refractivity contribution in [3.05, 3.63) is 34.7 Å². The van der Waals surface area contributed by atoms with E-state index in [2.05, 4.69) is 20.8 Å². The van der Waals surface area contributed by atoms with Gasteiger partial charge in [-0.25, -0.2) is 4.98 Å². The van der Waals surface area contributed by atoms with Gasteiger partial charge in [0.1, 0.15) is 5.84 Å². The molecule has 0 atom stereocenters. The molecule has 2 heterocycles. The van der Waals surface area contributed by atoms with E-state index in [9.17, 15) is 0 Å². The summed E-state index contributed by atoms with van der Waals surface area (Å²) in [5.41, 5.74) is 8.34. The van der Waals surface area contributed by atoms with Crippen molar-refractivity contribution in [2.75, 3.05) is 12.0 Å². The summed E-state index contributed by atoms with van der Waals surface area (Å²) < 4.78 is 0. The summed E-state index contributed by atoms with van der Waals surface area (Å²) in [6, 6.07) is 7.71. The Labute approximate surface area is 149 Å². The Morgan fingerprint density at radius 3 is 2.68 bits per heavy atom. The molecule has 1 aromatic heterocycles. The van der Waals surface area contributed by atoms with E-state index in [-0.39, 0.29) is 17.0 Å². The van der Waals surface area contributed by atoms with Gasteiger partial charge in [0.25, 0.3) is 0 Å². The Hall–Kier alpha value is -1.11. The Morgan fingerprint density at radius 1 is 1.05 bits per heavy atom.